The molecule has 6 heteroatoms. The van der Waals surface area contributed by atoms with Crippen LogP contribution in [-0.4, -0.2) is 68.5 Å². The van der Waals surface area contributed by atoms with Crippen molar-refractivity contribution in [1.82, 2.24) is 9.88 Å². The Kier molecular flexibility index (Phi) is 4.82. The van der Waals surface area contributed by atoms with Crippen molar-refractivity contribution < 1.29 is 14.9 Å². The molecule has 2 unspecified atom stereocenters. The van der Waals surface area contributed by atoms with Crippen molar-refractivity contribution in [3.8, 4) is 0 Å². The van der Waals surface area contributed by atoms with Gasteiger partial charge < -0.3 is 19.8 Å². The summed E-state index contributed by atoms with van der Waals surface area (Å²) in [6, 6.07) is 10.5. The van der Waals surface area contributed by atoms with Gasteiger partial charge in [0.1, 0.15) is 6.10 Å². The van der Waals surface area contributed by atoms with Crippen molar-refractivity contribution in [1.29, 1.82) is 0 Å². The molecule has 8 atom stereocenters. The zero-order valence-corrected chi connectivity index (χ0v) is 22.0. The van der Waals surface area contributed by atoms with E-state index in [0.29, 0.717) is 6.42 Å². The quantitative estimate of drug-likeness (QED) is 0.456. The highest BCUT2D eigenvalue weighted by Gasteiger charge is 2.73. The van der Waals surface area contributed by atoms with Crippen molar-refractivity contribution in [2.24, 2.45) is 11.3 Å². The molecule has 7 rings (SSSR count). The summed E-state index contributed by atoms with van der Waals surface area (Å²) < 4.78 is 7.29. The van der Waals surface area contributed by atoms with Crippen molar-refractivity contribution in [2.45, 2.75) is 79.8 Å². The number of benzene rings is 1. The topological polar surface area (TPSA) is 65.8 Å². The van der Waals surface area contributed by atoms with Crippen LogP contribution in [0.1, 0.15) is 51.0 Å². The minimum absolute atomic E-state index is 0.0624. The molecule has 2 aromatic rings. The number of aliphatic hydroxyl groups excluding tert-OH is 2. The van der Waals surface area contributed by atoms with E-state index in [1.54, 1.807) is 0 Å². The third kappa shape index (κ3) is 2.74. The van der Waals surface area contributed by atoms with Gasteiger partial charge in [0.2, 0.25) is 0 Å². The molecule has 36 heavy (non-hydrogen) atoms. The Labute approximate surface area is 217 Å². The molecular formula is C30H35ClN2O3. The van der Waals surface area contributed by atoms with Crippen LogP contribution in [-0.2, 0) is 4.74 Å². The molecule has 1 aromatic heterocycles. The summed E-state index contributed by atoms with van der Waals surface area (Å²) in [5.74, 6) is 0.247. The zero-order valence-electron chi connectivity index (χ0n) is 21.2. The molecule has 3 aliphatic carbocycles. The number of aromatic nitrogens is 1. The van der Waals surface area contributed by atoms with E-state index in [4.69, 9.17) is 16.3 Å². The number of alkyl halides is 1. The van der Waals surface area contributed by atoms with Gasteiger partial charge in [0.15, 0.2) is 0 Å². The summed E-state index contributed by atoms with van der Waals surface area (Å²) in [6.45, 7) is 2.41. The molecule has 2 N–H and O–H groups in total. The van der Waals surface area contributed by atoms with Crippen LogP contribution in [0, 0.1) is 11.3 Å². The van der Waals surface area contributed by atoms with Gasteiger partial charge in [0.25, 0.3) is 0 Å². The predicted molar refractivity (Wildman–Crippen MR) is 142 cm³/mol. The fraction of sp³-hybridized carbons (Fsp3) is 0.567. The molecule has 2 spiro atoms. The average Bonchev–Trinajstić information content (AvgIpc) is 3.39. The van der Waals surface area contributed by atoms with E-state index in [1.807, 2.05) is 31.3 Å². The largest absolute Gasteiger partial charge is 0.388 e. The van der Waals surface area contributed by atoms with Crippen LogP contribution in [0.5, 0.6) is 0 Å². The van der Waals surface area contributed by atoms with Crippen LogP contribution in [0.15, 0.2) is 54.3 Å². The normalized spacial score (nSPS) is 45.2. The highest BCUT2D eigenvalue weighted by molar-refractivity contribution is 6.26. The standard InChI is InChI=1S/C30H35ClN2O3/c1-27-11-13-29(31)16-21-25(34)26(35)23(33(2)3)17-28(21)12-14-30(29,36-28)24(27)10-9-20(27)18-6-4-8-22-19(18)7-5-15-32-22/h4-9,15-16,23-26,34-35H,10-14,17H2,1-3H3/t23-,24?,25+,26+,27+,28+,29?,30-/m0/s1. The molecule has 3 fully saturated rings. The number of ether oxygens (including phenoxy) is 1. The molecule has 3 heterocycles. The molecule has 1 saturated heterocycles. The minimum Gasteiger partial charge on any atom is -0.388 e. The summed E-state index contributed by atoms with van der Waals surface area (Å²) in [4.78, 5) is 5.94. The predicted octanol–water partition coefficient (Wildman–Crippen LogP) is 4.70. The van der Waals surface area contributed by atoms with E-state index >= 15 is 0 Å². The van der Waals surface area contributed by atoms with Crippen LogP contribution in [0.25, 0.3) is 16.5 Å². The summed E-state index contributed by atoms with van der Waals surface area (Å²) in [5.41, 5.74) is 3.38. The van der Waals surface area contributed by atoms with Crippen LogP contribution in [0.3, 0.4) is 0 Å². The average molecular weight is 507 g/mol. The number of pyridine rings is 1. The smallest absolute Gasteiger partial charge is 0.105 e. The molecule has 2 aliphatic heterocycles. The maximum absolute atomic E-state index is 11.2. The first-order chi connectivity index (χ1) is 17.1. The van der Waals surface area contributed by atoms with Gasteiger partial charge in [-0.05, 0) is 86.9 Å². The second-order valence-corrected chi connectivity index (χ2v) is 13.0. The molecular weight excluding hydrogens is 472 g/mol. The van der Waals surface area contributed by atoms with Crippen molar-refractivity contribution in [3.63, 3.8) is 0 Å². The molecule has 5 nitrogen and oxygen atoms in total. The van der Waals surface area contributed by atoms with E-state index in [-0.39, 0.29) is 17.4 Å². The Hall–Kier alpha value is -1.76. The van der Waals surface area contributed by atoms with E-state index < -0.39 is 28.3 Å². The lowest BCUT2D eigenvalue weighted by Gasteiger charge is -2.61. The van der Waals surface area contributed by atoms with E-state index in [1.165, 1.54) is 16.5 Å². The third-order valence-corrected chi connectivity index (χ3v) is 11.2. The van der Waals surface area contributed by atoms with Gasteiger partial charge in [-0.1, -0.05) is 37.3 Å². The number of hydrogen-bond acceptors (Lipinski definition) is 5. The summed E-state index contributed by atoms with van der Waals surface area (Å²) in [5, 5.41) is 23.4. The maximum atomic E-state index is 11.2. The highest BCUT2D eigenvalue weighted by atomic mass is 35.5. The minimum atomic E-state index is -0.952. The monoisotopic (exact) mass is 506 g/mol. The van der Waals surface area contributed by atoms with E-state index in [0.717, 1.165) is 43.2 Å². The van der Waals surface area contributed by atoms with Crippen LogP contribution in [0.4, 0.5) is 0 Å². The zero-order chi connectivity index (χ0) is 25.1. The fourth-order valence-electron chi connectivity index (χ4n) is 8.74. The fourth-order valence-corrected chi connectivity index (χ4v) is 9.22. The number of allylic oxidation sites excluding steroid dienone is 2. The van der Waals surface area contributed by atoms with Crippen LogP contribution >= 0.6 is 11.6 Å². The second-order valence-electron chi connectivity index (χ2n) is 12.3. The lowest BCUT2D eigenvalue weighted by molar-refractivity contribution is -0.199. The van der Waals surface area contributed by atoms with Gasteiger partial charge >= 0.3 is 0 Å². The Morgan fingerprint density at radius 1 is 1.08 bits per heavy atom. The molecule has 2 bridgehead atoms. The van der Waals surface area contributed by atoms with E-state index in [2.05, 4.69) is 48.3 Å². The number of likely N-dealkylation sites (N-methyl/N-ethyl adjacent to an activating group) is 1. The molecule has 5 aliphatic rings. The summed E-state index contributed by atoms with van der Waals surface area (Å²) >= 11 is 7.57. The number of rotatable bonds is 2. The molecule has 2 saturated carbocycles. The first-order valence-electron chi connectivity index (χ1n) is 13.3. The Morgan fingerprint density at radius 2 is 1.92 bits per heavy atom. The SMILES string of the molecule is CN(C)[C@H]1C[C@@]23CC[C@]4(O2)C2CC=C(c5cccc6ncccc56)[C@@]2(C)CCC4(Cl)C=C3[C@@H](O)[C@@H]1O. The number of hydrogen-bond donors (Lipinski definition) is 2. The van der Waals surface area contributed by atoms with Gasteiger partial charge in [-0.2, -0.15) is 0 Å². The van der Waals surface area contributed by atoms with E-state index in [9.17, 15) is 10.2 Å². The van der Waals surface area contributed by atoms with Gasteiger partial charge in [-0.25, -0.2) is 0 Å². The lowest BCUT2D eigenvalue weighted by atomic mass is 9.54. The van der Waals surface area contributed by atoms with Crippen molar-refractivity contribution >= 4 is 28.1 Å². The first-order valence-corrected chi connectivity index (χ1v) is 13.7. The highest BCUT2D eigenvalue weighted by Crippen LogP contribution is 2.72. The van der Waals surface area contributed by atoms with Crippen molar-refractivity contribution in [3.05, 3.63) is 59.8 Å². The molecule has 190 valence electrons. The van der Waals surface area contributed by atoms with Gasteiger partial charge in [-0.3, -0.25) is 4.98 Å². The number of aliphatic hydroxyl groups is 2. The Bertz CT molecular complexity index is 1320. The Morgan fingerprint density at radius 3 is 2.72 bits per heavy atom. The molecule has 0 amide bonds. The lowest BCUT2D eigenvalue weighted by Crippen LogP contribution is -2.68. The molecule has 0 radical (unpaired) electrons. The second kappa shape index (κ2) is 7.42. The van der Waals surface area contributed by atoms with Gasteiger partial charge in [-0.15, -0.1) is 11.6 Å². The molecule has 1 aromatic carbocycles. The van der Waals surface area contributed by atoms with Gasteiger partial charge in [0.05, 0.1) is 27.7 Å². The van der Waals surface area contributed by atoms with Crippen LogP contribution in [0.2, 0.25) is 0 Å². The first kappa shape index (κ1) is 23.4. The summed E-state index contributed by atoms with van der Waals surface area (Å²) in [6.07, 6.45) is 9.66. The maximum Gasteiger partial charge on any atom is 0.105 e. The number of halogens is 1. The Balaban J connectivity index is 1.33. The number of fused-ring (bicyclic) bond motifs is 2. The summed E-state index contributed by atoms with van der Waals surface area (Å²) in [7, 11) is 3.93. The van der Waals surface area contributed by atoms with Crippen LogP contribution < -0.4 is 0 Å². The van der Waals surface area contributed by atoms with Gasteiger partial charge in [0, 0.05) is 23.5 Å². The number of nitrogens with zero attached hydrogens (tertiary/aromatic N) is 2. The third-order valence-electron chi connectivity index (χ3n) is 10.6. The van der Waals surface area contributed by atoms with Crippen molar-refractivity contribution in [2.75, 3.05) is 14.1 Å².